The number of phenols is 2. The number of phenolic OH excluding ortho intramolecular Hbond substituents is 2. The van der Waals surface area contributed by atoms with Gasteiger partial charge in [0.25, 0.3) is 0 Å². The van der Waals surface area contributed by atoms with Crippen LogP contribution in [0.1, 0.15) is 160 Å². The Morgan fingerprint density at radius 1 is 0.571 bits per heavy atom. The van der Waals surface area contributed by atoms with E-state index in [0.29, 0.717) is 27.8 Å². The maximum atomic E-state index is 14.5. The van der Waals surface area contributed by atoms with Gasteiger partial charge in [0.1, 0.15) is 11.5 Å². The van der Waals surface area contributed by atoms with Crippen molar-refractivity contribution in [2.45, 2.75) is 142 Å². The standard InChI is InChI=1S/C44H54F6N2O4/c1-39(2,3)29-16-24(17-30(37(29)55)40(4,5)6)13-15-35(54)36-28(44(48,49)50)21-27(52-36)22-42(10,11)32-19-25(18-31(38(32)56)41(7,8)9)12-14-34(53)33-20-26(23-51-33)43(45,46)47/h16-21,23,51-52,55-56H,12-15,22H2,1-11H3. The number of carbonyl (C=O) groups is 2. The number of aromatic hydroxyl groups is 2. The molecule has 0 saturated heterocycles. The van der Waals surface area contributed by atoms with Crippen molar-refractivity contribution in [3.63, 3.8) is 0 Å². The molecule has 0 aliphatic rings. The summed E-state index contributed by atoms with van der Waals surface area (Å²) in [6.07, 6.45) is -8.83. The molecule has 0 amide bonds. The number of benzene rings is 2. The predicted molar refractivity (Wildman–Crippen MR) is 206 cm³/mol. The quantitative estimate of drug-likeness (QED) is 0.0897. The SMILES string of the molecule is CC(C)(C)c1cc(CCC(=O)c2[nH]c(CC(C)(C)c3cc(CCC(=O)c4cc(C(F)(F)F)c[nH]4)cc(C(C)(C)C)c3O)cc2C(F)(F)F)cc(C(C)(C)C)c1O. The van der Waals surface area contributed by atoms with E-state index in [1.54, 1.807) is 38.1 Å². The van der Waals surface area contributed by atoms with Gasteiger partial charge in [-0.05, 0) is 80.9 Å². The molecule has 0 spiro atoms. The van der Waals surface area contributed by atoms with E-state index in [1.807, 2.05) is 62.3 Å². The molecule has 4 rings (SSSR count). The van der Waals surface area contributed by atoms with Crippen LogP contribution < -0.4 is 0 Å². The van der Waals surface area contributed by atoms with Crippen LogP contribution in [-0.4, -0.2) is 31.7 Å². The topological polar surface area (TPSA) is 106 Å². The number of halogens is 6. The molecule has 2 aromatic heterocycles. The molecule has 4 aromatic rings. The number of ketones is 2. The minimum absolute atomic E-state index is 0.0343. The average Bonchev–Trinajstić information content (AvgIpc) is 3.70. The van der Waals surface area contributed by atoms with Crippen LogP contribution in [0.25, 0.3) is 0 Å². The van der Waals surface area contributed by atoms with Gasteiger partial charge in [0.2, 0.25) is 0 Å². The lowest BCUT2D eigenvalue weighted by Gasteiger charge is -2.30. The first-order chi connectivity index (χ1) is 25.3. The highest BCUT2D eigenvalue weighted by molar-refractivity contribution is 5.96. The van der Waals surface area contributed by atoms with E-state index >= 15 is 0 Å². The Morgan fingerprint density at radius 2 is 1.00 bits per heavy atom. The van der Waals surface area contributed by atoms with Gasteiger partial charge in [0.05, 0.1) is 22.5 Å². The third-order valence-corrected chi connectivity index (χ3v) is 10.2. The van der Waals surface area contributed by atoms with Crippen LogP contribution in [0.2, 0.25) is 0 Å². The number of hydrogen-bond donors (Lipinski definition) is 4. The fourth-order valence-corrected chi connectivity index (χ4v) is 7.02. The highest BCUT2D eigenvalue weighted by Crippen LogP contribution is 2.44. The van der Waals surface area contributed by atoms with Crippen LogP contribution >= 0.6 is 0 Å². The molecule has 56 heavy (non-hydrogen) atoms. The zero-order chi connectivity index (χ0) is 42.6. The number of hydrogen-bond acceptors (Lipinski definition) is 4. The number of aryl methyl sites for hydroxylation is 2. The first-order valence-corrected chi connectivity index (χ1v) is 18.7. The Kier molecular flexibility index (Phi) is 11.9. The van der Waals surface area contributed by atoms with Crippen molar-refractivity contribution in [2.24, 2.45) is 0 Å². The van der Waals surface area contributed by atoms with E-state index in [0.717, 1.165) is 23.9 Å². The second-order valence-electron chi connectivity index (χ2n) is 18.6. The molecule has 0 fully saturated rings. The molecule has 4 N–H and O–H groups in total. The number of Topliss-reactive ketones (excluding diaryl/α,β-unsaturated/α-hetero) is 2. The summed E-state index contributed by atoms with van der Waals surface area (Å²) in [7, 11) is 0. The Morgan fingerprint density at radius 3 is 1.41 bits per heavy atom. The van der Waals surface area contributed by atoms with Crippen LogP contribution in [0.15, 0.2) is 42.6 Å². The summed E-state index contributed by atoms with van der Waals surface area (Å²) in [5, 5.41) is 22.7. The molecule has 2 aromatic carbocycles. The maximum absolute atomic E-state index is 14.5. The molecule has 2 heterocycles. The van der Waals surface area contributed by atoms with Crippen molar-refractivity contribution >= 4 is 11.6 Å². The Balaban J connectivity index is 1.65. The summed E-state index contributed by atoms with van der Waals surface area (Å²) < 4.78 is 82.7. The van der Waals surface area contributed by atoms with Gasteiger partial charge in [0.15, 0.2) is 11.6 Å². The lowest BCUT2D eigenvalue weighted by Crippen LogP contribution is -2.23. The van der Waals surface area contributed by atoms with Gasteiger partial charge in [-0.15, -0.1) is 0 Å². The molecule has 0 saturated carbocycles. The number of rotatable bonds is 11. The fourth-order valence-electron chi connectivity index (χ4n) is 7.02. The second kappa shape index (κ2) is 15.1. The summed E-state index contributed by atoms with van der Waals surface area (Å²) in [5.41, 5.74) is -1.49. The monoisotopic (exact) mass is 788 g/mol. The minimum atomic E-state index is -4.84. The van der Waals surface area contributed by atoms with E-state index in [-0.39, 0.29) is 55.0 Å². The van der Waals surface area contributed by atoms with Gasteiger partial charge >= 0.3 is 12.4 Å². The molecule has 6 nitrogen and oxygen atoms in total. The molecule has 0 aliphatic heterocycles. The molecule has 0 unspecified atom stereocenters. The lowest BCUT2D eigenvalue weighted by molar-refractivity contribution is -0.138. The number of nitrogens with one attached hydrogen (secondary N) is 2. The summed E-state index contributed by atoms with van der Waals surface area (Å²) in [6.45, 7) is 20.8. The summed E-state index contributed by atoms with van der Waals surface area (Å²) in [5.74, 6) is -1.16. The Hall–Kier alpha value is -4.48. The minimum Gasteiger partial charge on any atom is -0.507 e. The fraction of sp³-hybridized carbons (Fsp3) is 0.500. The van der Waals surface area contributed by atoms with Crippen LogP contribution in [0.5, 0.6) is 11.5 Å². The molecule has 0 aliphatic carbocycles. The van der Waals surface area contributed by atoms with Gasteiger partial charge in [-0.2, -0.15) is 26.3 Å². The van der Waals surface area contributed by atoms with Gasteiger partial charge in [-0.1, -0.05) is 100 Å². The predicted octanol–water partition coefficient (Wildman–Crippen LogP) is 11.8. The molecule has 0 bridgehead atoms. The normalized spacial score (nSPS) is 13.4. The molecule has 0 radical (unpaired) electrons. The number of H-pyrrole nitrogens is 2. The van der Waals surface area contributed by atoms with E-state index in [2.05, 4.69) is 9.97 Å². The van der Waals surface area contributed by atoms with E-state index in [1.165, 1.54) is 0 Å². The second-order valence-corrected chi connectivity index (χ2v) is 18.6. The van der Waals surface area contributed by atoms with Crippen molar-refractivity contribution in [3.05, 3.63) is 104 Å². The molecule has 306 valence electrons. The van der Waals surface area contributed by atoms with Crippen LogP contribution in [0.4, 0.5) is 26.3 Å². The number of aromatic nitrogens is 2. The van der Waals surface area contributed by atoms with Crippen molar-refractivity contribution < 1.29 is 46.1 Å². The van der Waals surface area contributed by atoms with E-state index < -0.39 is 62.4 Å². The summed E-state index contributed by atoms with van der Waals surface area (Å²) in [6, 6.07) is 8.70. The molecular formula is C44H54F6N2O4. The van der Waals surface area contributed by atoms with Crippen molar-refractivity contribution in [1.29, 1.82) is 0 Å². The Bertz CT molecular complexity index is 2060. The summed E-state index contributed by atoms with van der Waals surface area (Å²) >= 11 is 0. The van der Waals surface area contributed by atoms with Crippen molar-refractivity contribution in [2.75, 3.05) is 0 Å². The van der Waals surface area contributed by atoms with Gasteiger partial charge in [-0.3, -0.25) is 9.59 Å². The van der Waals surface area contributed by atoms with E-state index in [9.17, 15) is 46.1 Å². The smallest absolute Gasteiger partial charge is 0.418 e. The Labute approximate surface area is 325 Å². The number of aromatic amines is 2. The van der Waals surface area contributed by atoms with Crippen molar-refractivity contribution in [3.8, 4) is 11.5 Å². The van der Waals surface area contributed by atoms with Gasteiger partial charge in [-0.25, -0.2) is 0 Å². The van der Waals surface area contributed by atoms with Crippen LogP contribution in [0.3, 0.4) is 0 Å². The maximum Gasteiger partial charge on any atom is 0.418 e. The zero-order valence-electron chi connectivity index (χ0n) is 34.1. The largest absolute Gasteiger partial charge is 0.507 e. The highest BCUT2D eigenvalue weighted by Gasteiger charge is 2.39. The molecular weight excluding hydrogens is 734 g/mol. The van der Waals surface area contributed by atoms with E-state index in [4.69, 9.17) is 0 Å². The van der Waals surface area contributed by atoms with Crippen molar-refractivity contribution in [1.82, 2.24) is 9.97 Å². The molecule has 0 atom stereocenters. The number of carbonyl (C=O) groups excluding carboxylic acids is 2. The third kappa shape index (κ3) is 10.1. The van der Waals surface area contributed by atoms with Gasteiger partial charge < -0.3 is 20.2 Å². The lowest BCUT2D eigenvalue weighted by atomic mass is 9.75. The zero-order valence-corrected chi connectivity index (χ0v) is 34.1. The van der Waals surface area contributed by atoms with Crippen LogP contribution in [-0.2, 0) is 53.3 Å². The third-order valence-electron chi connectivity index (χ3n) is 10.2. The van der Waals surface area contributed by atoms with Crippen LogP contribution in [0, 0.1) is 0 Å². The first-order valence-electron chi connectivity index (χ1n) is 18.7. The average molecular weight is 789 g/mol. The summed E-state index contributed by atoms with van der Waals surface area (Å²) in [4.78, 5) is 31.6. The molecule has 12 heteroatoms. The first kappa shape index (κ1) is 44.2. The van der Waals surface area contributed by atoms with Gasteiger partial charge in [0, 0.05) is 30.3 Å². The highest BCUT2D eigenvalue weighted by atomic mass is 19.4. The number of alkyl halides is 6.